The van der Waals surface area contributed by atoms with Crippen molar-refractivity contribution in [2.45, 2.75) is 26.3 Å². The van der Waals surface area contributed by atoms with E-state index >= 15 is 0 Å². The van der Waals surface area contributed by atoms with Crippen LogP contribution in [0, 0.1) is 0 Å². The van der Waals surface area contributed by atoms with Gasteiger partial charge in [0, 0.05) is 19.3 Å². The summed E-state index contributed by atoms with van der Waals surface area (Å²) in [4.78, 5) is 12.3. The largest absolute Gasteiger partial charge is 0.463 e. The Labute approximate surface area is 122 Å². The molecule has 2 aromatic heterocycles. The molecule has 2 heterocycles. The van der Waals surface area contributed by atoms with Crippen LogP contribution < -0.4 is 21.3 Å². The summed E-state index contributed by atoms with van der Waals surface area (Å²) in [6.07, 6.45) is 5.19. The highest BCUT2D eigenvalue weighted by Crippen LogP contribution is 2.10. The Hall–Kier alpha value is -2.49. The SMILES string of the molecule is CCCOc1nc(NN)nc(NCCCn2ccnn2)n1. The molecule has 0 aliphatic heterocycles. The van der Waals surface area contributed by atoms with Gasteiger partial charge in [0.15, 0.2) is 0 Å². The second-order valence-corrected chi connectivity index (χ2v) is 4.20. The summed E-state index contributed by atoms with van der Waals surface area (Å²) < 4.78 is 7.15. The monoisotopic (exact) mass is 293 g/mol. The first-order chi connectivity index (χ1) is 10.3. The number of aromatic nitrogens is 6. The van der Waals surface area contributed by atoms with E-state index in [0.717, 1.165) is 19.4 Å². The van der Waals surface area contributed by atoms with Crippen LogP contribution >= 0.6 is 0 Å². The third-order valence-corrected chi connectivity index (χ3v) is 2.50. The summed E-state index contributed by atoms with van der Waals surface area (Å²) in [6, 6.07) is 0.249. The molecule has 4 N–H and O–H groups in total. The molecule has 0 saturated heterocycles. The Balaban J connectivity index is 1.85. The Morgan fingerprint density at radius 3 is 2.86 bits per heavy atom. The lowest BCUT2D eigenvalue weighted by atomic mass is 10.4. The lowest BCUT2D eigenvalue weighted by Crippen LogP contribution is -2.15. The van der Waals surface area contributed by atoms with Gasteiger partial charge in [-0.2, -0.15) is 15.0 Å². The van der Waals surface area contributed by atoms with Crippen molar-refractivity contribution in [2.75, 3.05) is 23.9 Å². The van der Waals surface area contributed by atoms with Crippen LogP contribution in [-0.4, -0.2) is 43.1 Å². The fraction of sp³-hybridized carbons (Fsp3) is 0.545. The van der Waals surface area contributed by atoms with Gasteiger partial charge in [0.1, 0.15) is 0 Å². The number of anilines is 2. The minimum absolute atomic E-state index is 0.249. The molecule has 114 valence electrons. The highest BCUT2D eigenvalue weighted by Gasteiger charge is 2.06. The molecule has 10 nitrogen and oxygen atoms in total. The minimum atomic E-state index is 0.249. The number of ether oxygens (including phenoxy) is 1. The van der Waals surface area contributed by atoms with Gasteiger partial charge in [0.2, 0.25) is 11.9 Å². The van der Waals surface area contributed by atoms with Gasteiger partial charge in [-0.3, -0.25) is 10.1 Å². The Kier molecular flexibility index (Phi) is 5.64. The van der Waals surface area contributed by atoms with Crippen LogP contribution in [0.2, 0.25) is 0 Å². The van der Waals surface area contributed by atoms with E-state index in [1.165, 1.54) is 0 Å². The third-order valence-electron chi connectivity index (χ3n) is 2.50. The summed E-state index contributed by atoms with van der Waals surface area (Å²) in [6.45, 7) is 3.99. The Morgan fingerprint density at radius 1 is 1.29 bits per heavy atom. The highest BCUT2D eigenvalue weighted by molar-refractivity contribution is 5.34. The van der Waals surface area contributed by atoms with Crippen LogP contribution in [0.15, 0.2) is 12.4 Å². The summed E-state index contributed by atoms with van der Waals surface area (Å²) in [5.74, 6) is 6.01. The molecule has 0 aromatic carbocycles. The number of nitrogens with one attached hydrogen (secondary N) is 2. The summed E-state index contributed by atoms with van der Waals surface area (Å²) in [5, 5.41) is 10.7. The topological polar surface area (TPSA) is 129 Å². The molecule has 0 aliphatic rings. The molecular formula is C11H19N9O. The predicted octanol–water partition coefficient (Wildman–Crippen LogP) is 0.0397. The average Bonchev–Trinajstić information content (AvgIpc) is 3.02. The van der Waals surface area contributed by atoms with E-state index in [9.17, 15) is 0 Å². The normalized spacial score (nSPS) is 10.4. The number of nitrogens with zero attached hydrogens (tertiary/aromatic N) is 6. The van der Waals surface area contributed by atoms with E-state index in [1.54, 1.807) is 10.9 Å². The van der Waals surface area contributed by atoms with Gasteiger partial charge < -0.3 is 10.1 Å². The van der Waals surface area contributed by atoms with Crippen molar-refractivity contribution >= 4 is 11.9 Å². The molecule has 0 amide bonds. The second-order valence-electron chi connectivity index (χ2n) is 4.20. The second kappa shape index (κ2) is 7.94. The van der Waals surface area contributed by atoms with Crippen LogP contribution in [0.25, 0.3) is 0 Å². The van der Waals surface area contributed by atoms with Gasteiger partial charge in [-0.25, -0.2) is 5.84 Å². The number of hydrogen-bond acceptors (Lipinski definition) is 9. The first-order valence-corrected chi connectivity index (χ1v) is 6.75. The quantitative estimate of drug-likeness (QED) is 0.333. The van der Waals surface area contributed by atoms with Crippen molar-refractivity contribution in [2.24, 2.45) is 5.84 Å². The fourth-order valence-electron chi connectivity index (χ4n) is 1.55. The maximum Gasteiger partial charge on any atom is 0.323 e. The molecule has 0 fully saturated rings. The lowest BCUT2D eigenvalue weighted by Gasteiger charge is -2.08. The number of hydrazine groups is 1. The summed E-state index contributed by atoms with van der Waals surface area (Å²) in [5.41, 5.74) is 2.39. The van der Waals surface area contributed by atoms with E-state index in [2.05, 4.69) is 36.0 Å². The molecular weight excluding hydrogens is 274 g/mol. The van der Waals surface area contributed by atoms with E-state index in [1.807, 2.05) is 13.1 Å². The first-order valence-electron chi connectivity index (χ1n) is 6.75. The zero-order valence-electron chi connectivity index (χ0n) is 11.9. The van der Waals surface area contributed by atoms with Gasteiger partial charge in [0.25, 0.3) is 0 Å². The number of hydrogen-bond donors (Lipinski definition) is 3. The summed E-state index contributed by atoms with van der Waals surface area (Å²) in [7, 11) is 0. The van der Waals surface area contributed by atoms with Crippen molar-refractivity contribution in [1.29, 1.82) is 0 Å². The predicted molar refractivity (Wildman–Crippen MR) is 76.6 cm³/mol. The number of nitrogens with two attached hydrogens (primary N) is 1. The van der Waals surface area contributed by atoms with Crippen molar-refractivity contribution in [3.05, 3.63) is 12.4 Å². The fourth-order valence-corrected chi connectivity index (χ4v) is 1.55. The van der Waals surface area contributed by atoms with Gasteiger partial charge >= 0.3 is 6.01 Å². The van der Waals surface area contributed by atoms with Crippen LogP contribution in [0.3, 0.4) is 0 Å². The van der Waals surface area contributed by atoms with Gasteiger partial charge in [0.05, 0.1) is 12.8 Å². The van der Waals surface area contributed by atoms with Crippen molar-refractivity contribution in [3.63, 3.8) is 0 Å². The molecule has 10 heteroatoms. The minimum Gasteiger partial charge on any atom is -0.463 e. The molecule has 0 spiro atoms. The van der Waals surface area contributed by atoms with E-state index in [0.29, 0.717) is 19.1 Å². The van der Waals surface area contributed by atoms with E-state index < -0.39 is 0 Å². The average molecular weight is 293 g/mol. The molecule has 0 atom stereocenters. The zero-order chi connectivity index (χ0) is 14.9. The number of nitrogen functional groups attached to an aromatic ring is 1. The molecule has 21 heavy (non-hydrogen) atoms. The molecule has 0 aliphatic carbocycles. The van der Waals surface area contributed by atoms with Crippen molar-refractivity contribution in [1.82, 2.24) is 29.9 Å². The first kappa shape index (κ1) is 14.9. The molecule has 0 bridgehead atoms. The maximum absolute atomic E-state index is 5.38. The maximum atomic E-state index is 5.38. The van der Waals surface area contributed by atoms with Gasteiger partial charge in [-0.05, 0) is 12.8 Å². The highest BCUT2D eigenvalue weighted by atomic mass is 16.5. The molecule has 2 aromatic rings. The zero-order valence-corrected chi connectivity index (χ0v) is 11.9. The lowest BCUT2D eigenvalue weighted by molar-refractivity contribution is 0.292. The van der Waals surface area contributed by atoms with E-state index in [-0.39, 0.29) is 12.0 Å². The van der Waals surface area contributed by atoms with Gasteiger partial charge in [-0.1, -0.05) is 12.1 Å². The van der Waals surface area contributed by atoms with Crippen molar-refractivity contribution in [3.8, 4) is 6.01 Å². The Bertz CT molecular complexity index is 530. The molecule has 0 saturated carbocycles. The molecule has 0 radical (unpaired) electrons. The number of aryl methyl sites for hydroxylation is 1. The Morgan fingerprint density at radius 2 is 2.14 bits per heavy atom. The van der Waals surface area contributed by atoms with Crippen LogP contribution in [0.4, 0.5) is 11.9 Å². The van der Waals surface area contributed by atoms with Crippen molar-refractivity contribution < 1.29 is 4.74 Å². The molecule has 0 unspecified atom stereocenters. The van der Waals surface area contributed by atoms with Gasteiger partial charge in [-0.15, -0.1) is 5.10 Å². The number of rotatable bonds is 9. The third kappa shape index (κ3) is 4.84. The van der Waals surface area contributed by atoms with Crippen LogP contribution in [-0.2, 0) is 6.54 Å². The molecule has 2 rings (SSSR count). The smallest absolute Gasteiger partial charge is 0.323 e. The van der Waals surface area contributed by atoms with E-state index in [4.69, 9.17) is 10.6 Å². The standard InChI is InChI=1S/C11H19N9O/c1-2-8-21-11-16-9(15-10(17-11)18-12)13-4-3-6-20-7-5-14-19-20/h5,7H,2-4,6,8,12H2,1H3,(H2,13,15,16,17,18). The van der Waals surface area contributed by atoms with Crippen LogP contribution in [0.5, 0.6) is 6.01 Å². The summed E-state index contributed by atoms with van der Waals surface area (Å²) >= 11 is 0. The van der Waals surface area contributed by atoms with Crippen LogP contribution in [0.1, 0.15) is 19.8 Å².